The topological polar surface area (TPSA) is 0 Å². The van der Waals surface area contributed by atoms with E-state index in [0.717, 1.165) is 15.9 Å². The van der Waals surface area contributed by atoms with Gasteiger partial charge in [0.1, 0.15) is 0 Å². The van der Waals surface area contributed by atoms with Gasteiger partial charge in [0.15, 0.2) is 0 Å². The molecule has 0 nitrogen and oxygen atoms in total. The molecule has 1 heteroatoms. The molecule has 0 aromatic heterocycles. The summed E-state index contributed by atoms with van der Waals surface area (Å²) in [5.41, 5.74) is -1.65. The zero-order chi connectivity index (χ0) is 18.8. The molecule has 0 spiro atoms. The monoisotopic (exact) mass is 310 g/mol. The van der Waals surface area contributed by atoms with Gasteiger partial charge in [-0.15, -0.1) is 0 Å². The van der Waals surface area contributed by atoms with Gasteiger partial charge in [0.05, 0.1) is 0 Å². The first-order chi connectivity index (χ1) is 12.3. The average Bonchev–Trinajstić information content (AvgIpc) is 2.64. The molecule has 0 heterocycles. The molecule has 112 valence electrons. The minimum atomic E-state index is -3.18. The molecule has 0 bridgehead atoms. The quantitative estimate of drug-likeness (QED) is 0.636. The summed E-state index contributed by atoms with van der Waals surface area (Å²) in [6.45, 7) is -0.847. The molecule has 3 aromatic rings. The minimum absolute atomic E-state index is 0.936. The van der Waals surface area contributed by atoms with E-state index in [1.165, 1.54) is 0 Å². The van der Waals surface area contributed by atoms with Gasteiger partial charge in [-0.25, -0.2) is 0 Å². The van der Waals surface area contributed by atoms with Crippen molar-refractivity contribution < 1.29 is 5.48 Å². The Hall–Kier alpha value is -1.91. The molecule has 0 saturated carbocycles. The van der Waals surface area contributed by atoms with Crippen molar-refractivity contribution in [3.63, 3.8) is 0 Å². The van der Waals surface area contributed by atoms with Crippen LogP contribution in [0, 0.1) is 0 Å². The zero-order valence-electron chi connectivity index (χ0n) is 16.7. The maximum absolute atomic E-state index is 9.19. The van der Waals surface area contributed by atoms with E-state index in [1.54, 1.807) is 6.92 Å². The number of hydrogen-bond acceptors (Lipinski definition) is 0. The zero-order valence-corrected chi connectivity index (χ0v) is 13.7. The van der Waals surface area contributed by atoms with Gasteiger partial charge in [-0.05, 0) is 0 Å². The summed E-state index contributed by atoms with van der Waals surface area (Å²) in [6.07, 6.45) is 0. The molecule has 0 N–H and O–H groups in total. The van der Waals surface area contributed by atoms with E-state index in [4.69, 9.17) is 4.11 Å². The molecule has 0 aliphatic carbocycles. The Balaban J connectivity index is 2.48. The molecule has 0 saturated heterocycles. The Bertz CT molecular complexity index is 747. The van der Waals surface area contributed by atoms with Crippen LogP contribution in [0.2, 0.25) is 0 Å². The summed E-state index contributed by atoms with van der Waals surface area (Å²) in [6, 6.07) is 29.2. The number of hydrogen-bond donors (Lipinski definition) is 0. The van der Waals surface area contributed by atoms with Crippen LogP contribution in [-0.2, 0) is 0 Å². The predicted molar refractivity (Wildman–Crippen MR) is 102 cm³/mol. The Kier molecular flexibility index (Phi) is 3.16. The van der Waals surface area contributed by atoms with Crippen LogP contribution in [0.1, 0.15) is 19.3 Å². The second-order valence-electron chi connectivity index (χ2n) is 5.47. The van der Waals surface area contributed by atoms with Crippen molar-refractivity contribution in [3.05, 3.63) is 91.0 Å². The summed E-state index contributed by atoms with van der Waals surface area (Å²) in [4.78, 5) is 0. The SMILES string of the molecule is [2H]C([2H])([2H])C([2H])(C)[PH](c1ccccc1)(c1ccccc1)c1ccccc1. The van der Waals surface area contributed by atoms with Crippen LogP contribution in [0.5, 0.6) is 0 Å². The fourth-order valence-corrected chi connectivity index (χ4v) is 7.59. The summed E-state index contributed by atoms with van der Waals surface area (Å²) >= 11 is 0. The second kappa shape index (κ2) is 6.46. The van der Waals surface area contributed by atoms with Crippen molar-refractivity contribution in [3.8, 4) is 0 Å². The first-order valence-electron chi connectivity index (χ1n) is 9.48. The van der Waals surface area contributed by atoms with Crippen molar-refractivity contribution >= 4 is 23.2 Å². The predicted octanol–water partition coefficient (Wildman–Crippen LogP) is 4.12. The summed E-state index contributed by atoms with van der Waals surface area (Å²) in [5, 5.41) is 2.81. The van der Waals surface area contributed by atoms with Gasteiger partial charge < -0.3 is 0 Å². The molecular weight excluding hydrogens is 283 g/mol. The van der Waals surface area contributed by atoms with Crippen LogP contribution < -0.4 is 15.9 Å². The fourth-order valence-electron chi connectivity index (χ4n) is 3.21. The van der Waals surface area contributed by atoms with Gasteiger partial charge >= 0.3 is 139 Å². The molecule has 0 amide bonds. The molecule has 0 radical (unpaired) electrons. The molecule has 1 unspecified atom stereocenters. The van der Waals surface area contributed by atoms with Gasteiger partial charge in [-0.3, -0.25) is 0 Å². The molecule has 0 aliphatic rings. The van der Waals surface area contributed by atoms with E-state index in [9.17, 15) is 1.37 Å². The third-order valence-corrected chi connectivity index (χ3v) is 8.91. The molecule has 0 fully saturated rings. The summed E-state index contributed by atoms with van der Waals surface area (Å²) in [5.74, 6) is 0. The van der Waals surface area contributed by atoms with Gasteiger partial charge in [0.25, 0.3) is 0 Å². The average molecular weight is 310 g/mol. The van der Waals surface area contributed by atoms with Gasteiger partial charge in [0, 0.05) is 0 Å². The normalized spacial score (nSPS) is 18.2. The first-order valence-corrected chi connectivity index (χ1v) is 9.48. The van der Waals surface area contributed by atoms with Crippen LogP contribution >= 0.6 is 7.26 Å². The van der Waals surface area contributed by atoms with E-state index >= 15 is 0 Å². The number of benzene rings is 3. The molecular formula is C21H23P. The van der Waals surface area contributed by atoms with Crippen LogP contribution in [0.25, 0.3) is 0 Å². The van der Waals surface area contributed by atoms with Crippen molar-refractivity contribution in [2.75, 3.05) is 0 Å². The van der Waals surface area contributed by atoms with Crippen LogP contribution in [0.3, 0.4) is 0 Å². The molecule has 3 rings (SSSR count). The first kappa shape index (κ1) is 10.8. The summed E-state index contributed by atoms with van der Waals surface area (Å²) in [7, 11) is -3.18. The van der Waals surface area contributed by atoms with E-state index in [2.05, 4.69) is 0 Å². The second-order valence-corrected chi connectivity index (χ2v) is 9.46. The van der Waals surface area contributed by atoms with E-state index < -0.39 is 19.7 Å². The van der Waals surface area contributed by atoms with Crippen molar-refractivity contribution in [2.24, 2.45) is 0 Å². The Morgan fingerprint density at radius 3 is 1.27 bits per heavy atom. The van der Waals surface area contributed by atoms with Crippen LogP contribution in [0.4, 0.5) is 0 Å². The van der Waals surface area contributed by atoms with E-state index in [-0.39, 0.29) is 0 Å². The van der Waals surface area contributed by atoms with Gasteiger partial charge in [-0.1, -0.05) is 0 Å². The van der Waals surface area contributed by atoms with Gasteiger partial charge in [0.2, 0.25) is 0 Å². The molecule has 3 aromatic carbocycles. The molecule has 1 atom stereocenters. The Labute approximate surface area is 139 Å². The van der Waals surface area contributed by atoms with E-state index in [1.807, 2.05) is 91.0 Å². The van der Waals surface area contributed by atoms with Crippen LogP contribution in [0.15, 0.2) is 91.0 Å². The third-order valence-electron chi connectivity index (χ3n) is 4.18. The number of rotatable bonds is 4. The Morgan fingerprint density at radius 1 is 0.682 bits per heavy atom. The fraction of sp³-hybridized carbons (Fsp3) is 0.143. The third kappa shape index (κ3) is 2.49. The van der Waals surface area contributed by atoms with Crippen molar-refractivity contribution in [1.82, 2.24) is 0 Å². The van der Waals surface area contributed by atoms with E-state index in [0.29, 0.717) is 0 Å². The molecule has 22 heavy (non-hydrogen) atoms. The summed E-state index contributed by atoms with van der Waals surface area (Å²) < 4.78 is 33.9. The Morgan fingerprint density at radius 2 is 1.00 bits per heavy atom. The van der Waals surface area contributed by atoms with Gasteiger partial charge in [-0.2, -0.15) is 0 Å². The van der Waals surface area contributed by atoms with Crippen molar-refractivity contribution in [1.29, 1.82) is 0 Å². The molecule has 0 aliphatic heterocycles. The standard InChI is InChI=1S/C21H23P/c1-18(2)22(19-12-6-3-7-13-19,20-14-8-4-9-15-20)21-16-10-5-11-17-21/h3-18,22H,1-2H3/i1D3,18D. The van der Waals surface area contributed by atoms with Crippen molar-refractivity contribution in [2.45, 2.75) is 19.4 Å². The van der Waals surface area contributed by atoms with Crippen LogP contribution in [-0.4, -0.2) is 5.64 Å². The maximum atomic E-state index is 9.19.